The monoisotopic (exact) mass is 311 g/mol. The molecule has 1 unspecified atom stereocenters. The predicted molar refractivity (Wildman–Crippen MR) is 92.1 cm³/mol. The molecule has 0 aliphatic carbocycles. The molecule has 5 nitrogen and oxygen atoms in total. The second-order valence-corrected chi connectivity index (χ2v) is 5.74. The molecular formula is C15H25N3O2S. The summed E-state index contributed by atoms with van der Waals surface area (Å²) in [7, 11) is 3.25. The third-order valence-corrected chi connectivity index (χ3v) is 3.85. The van der Waals surface area contributed by atoms with Crippen molar-refractivity contribution in [1.82, 2.24) is 5.32 Å². The van der Waals surface area contributed by atoms with Gasteiger partial charge in [0.2, 0.25) is 0 Å². The van der Waals surface area contributed by atoms with E-state index >= 15 is 0 Å². The Morgan fingerprint density at radius 3 is 2.57 bits per heavy atom. The van der Waals surface area contributed by atoms with Crippen molar-refractivity contribution in [2.75, 3.05) is 38.9 Å². The maximum atomic E-state index is 5.31. The highest BCUT2D eigenvalue weighted by atomic mass is 32.2. The molecule has 6 heteroatoms. The summed E-state index contributed by atoms with van der Waals surface area (Å²) in [6.07, 6.45) is 2.09. The van der Waals surface area contributed by atoms with Gasteiger partial charge in [-0.2, -0.15) is 11.8 Å². The highest BCUT2D eigenvalue weighted by Gasteiger charge is 2.06. The summed E-state index contributed by atoms with van der Waals surface area (Å²) >= 11 is 1.80. The van der Waals surface area contributed by atoms with Gasteiger partial charge in [-0.25, -0.2) is 0 Å². The molecule has 2 N–H and O–H groups in total. The molecule has 0 heterocycles. The first kappa shape index (κ1) is 17.5. The fourth-order valence-corrected chi connectivity index (χ4v) is 1.88. The van der Waals surface area contributed by atoms with Crippen molar-refractivity contribution in [2.24, 2.45) is 4.99 Å². The van der Waals surface area contributed by atoms with E-state index in [1.807, 2.05) is 25.1 Å². The average Bonchev–Trinajstić information content (AvgIpc) is 2.52. The number of guanidine groups is 1. The molecule has 0 radical (unpaired) electrons. The minimum absolute atomic E-state index is 0.492. The van der Waals surface area contributed by atoms with E-state index in [9.17, 15) is 0 Å². The van der Waals surface area contributed by atoms with Gasteiger partial charge < -0.3 is 20.1 Å². The van der Waals surface area contributed by atoms with Crippen LogP contribution in [-0.4, -0.2) is 44.8 Å². The molecule has 21 heavy (non-hydrogen) atoms. The Labute approximate surface area is 131 Å². The van der Waals surface area contributed by atoms with Crippen molar-refractivity contribution in [1.29, 1.82) is 0 Å². The standard InChI is InChI=1S/C15H25N3O2S/c1-6-16-15(17-10-11(2)21-5)18-12-7-8-13(19-3)14(9-12)20-4/h7-9,11H,6,10H2,1-5H3,(H2,16,17,18). The number of thioether (sulfide) groups is 1. The van der Waals surface area contributed by atoms with Crippen molar-refractivity contribution in [3.8, 4) is 11.5 Å². The van der Waals surface area contributed by atoms with E-state index in [-0.39, 0.29) is 0 Å². The van der Waals surface area contributed by atoms with Crippen LogP contribution in [0.4, 0.5) is 5.69 Å². The smallest absolute Gasteiger partial charge is 0.195 e. The van der Waals surface area contributed by atoms with E-state index < -0.39 is 0 Å². The Hall–Kier alpha value is -1.56. The topological polar surface area (TPSA) is 54.9 Å². The number of hydrogen-bond acceptors (Lipinski definition) is 4. The third-order valence-electron chi connectivity index (χ3n) is 2.90. The van der Waals surface area contributed by atoms with E-state index in [2.05, 4.69) is 28.8 Å². The van der Waals surface area contributed by atoms with Crippen LogP contribution in [0.5, 0.6) is 11.5 Å². The van der Waals surface area contributed by atoms with Crippen LogP contribution < -0.4 is 20.1 Å². The molecule has 118 valence electrons. The van der Waals surface area contributed by atoms with Crippen molar-refractivity contribution in [3.63, 3.8) is 0 Å². The first-order chi connectivity index (χ1) is 10.1. The van der Waals surface area contributed by atoms with Gasteiger partial charge in [0.25, 0.3) is 0 Å². The van der Waals surface area contributed by atoms with Crippen LogP contribution >= 0.6 is 11.8 Å². The number of nitrogens with one attached hydrogen (secondary N) is 2. The van der Waals surface area contributed by atoms with E-state index in [4.69, 9.17) is 9.47 Å². The van der Waals surface area contributed by atoms with Crippen molar-refractivity contribution < 1.29 is 9.47 Å². The van der Waals surface area contributed by atoms with Gasteiger partial charge in [0.1, 0.15) is 0 Å². The van der Waals surface area contributed by atoms with Crippen LogP contribution in [0.25, 0.3) is 0 Å². The molecule has 1 atom stereocenters. The quantitative estimate of drug-likeness (QED) is 0.599. The second kappa shape index (κ2) is 9.39. The third kappa shape index (κ3) is 5.75. The van der Waals surface area contributed by atoms with Crippen molar-refractivity contribution in [2.45, 2.75) is 19.1 Å². The Kier molecular flexibility index (Phi) is 7.82. The lowest BCUT2D eigenvalue weighted by atomic mass is 10.3. The van der Waals surface area contributed by atoms with Gasteiger partial charge in [0, 0.05) is 23.5 Å². The summed E-state index contributed by atoms with van der Waals surface area (Å²) in [6, 6.07) is 5.70. The van der Waals surface area contributed by atoms with Crippen molar-refractivity contribution >= 4 is 23.4 Å². The number of nitrogens with zero attached hydrogens (tertiary/aromatic N) is 1. The Bertz CT molecular complexity index is 466. The van der Waals surface area contributed by atoms with Crippen LogP contribution in [-0.2, 0) is 0 Å². The second-order valence-electron chi connectivity index (χ2n) is 4.46. The number of methoxy groups -OCH3 is 2. The molecule has 0 aromatic heterocycles. The van der Waals surface area contributed by atoms with Gasteiger partial charge in [0.05, 0.1) is 20.8 Å². The first-order valence-electron chi connectivity index (χ1n) is 6.94. The number of aliphatic imine (C=N–C) groups is 1. The summed E-state index contributed by atoms with van der Waals surface area (Å²) in [6.45, 7) is 5.79. The molecule has 1 aromatic rings. The summed E-state index contributed by atoms with van der Waals surface area (Å²) in [5, 5.41) is 7.01. The van der Waals surface area contributed by atoms with E-state index in [0.717, 1.165) is 24.7 Å². The van der Waals surface area contributed by atoms with Gasteiger partial charge in [-0.1, -0.05) is 6.92 Å². The highest BCUT2D eigenvalue weighted by molar-refractivity contribution is 7.99. The predicted octanol–water partition coefficient (Wildman–Crippen LogP) is 2.83. The summed E-state index contributed by atoms with van der Waals surface area (Å²) in [5.41, 5.74) is 0.907. The molecule has 0 spiro atoms. The maximum Gasteiger partial charge on any atom is 0.195 e. The van der Waals surface area contributed by atoms with E-state index in [0.29, 0.717) is 16.7 Å². The Morgan fingerprint density at radius 1 is 1.29 bits per heavy atom. The molecule has 0 amide bonds. The molecule has 0 saturated carbocycles. The minimum Gasteiger partial charge on any atom is -0.493 e. The lowest BCUT2D eigenvalue weighted by molar-refractivity contribution is 0.355. The average molecular weight is 311 g/mol. The SMILES string of the molecule is CCNC(=NCC(C)SC)Nc1ccc(OC)c(OC)c1. The Balaban J connectivity index is 2.83. The number of hydrogen-bond donors (Lipinski definition) is 2. The largest absolute Gasteiger partial charge is 0.493 e. The van der Waals surface area contributed by atoms with Gasteiger partial charge in [0.15, 0.2) is 17.5 Å². The molecule has 0 aliphatic rings. The summed E-state index contributed by atoms with van der Waals surface area (Å²) in [4.78, 5) is 4.58. The Morgan fingerprint density at radius 2 is 2.00 bits per heavy atom. The molecule has 0 saturated heterocycles. The summed E-state index contributed by atoms with van der Waals surface area (Å²) < 4.78 is 10.5. The number of anilines is 1. The maximum absolute atomic E-state index is 5.31. The first-order valence-corrected chi connectivity index (χ1v) is 8.23. The summed E-state index contributed by atoms with van der Waals surface area (Å²) in [5.74, 6) is 2.17. The number of benzene rings is 1. The van der Waals surface area contributed by atoms with Gasteiger partial charge in [-0.3, -0.25) is 4.99 Å². The molecule has 0 aliphatic heterocycles. The zero-order valence-electron chi connectivity index (χ0n) is 13.4. The molecule has 0 bridgehead atoms. The van der Waals surface area contributed by atoms with E-state index in [1.54, 1.807) is 26.0 Å². The zero-order valence-corrected chi connectivity index (χ0v) is 14.2. The van der Waals surface area contributed by atoms with Crippen molar-refractivity contribution in [3.05, 3.63) is 18.2 Å². The van der Waals surface area contributed by atoms with Gasteiger partial charge in [-0.15, -0.1) is 0 Å². The minimum atomic E-state index is 0.492. The van der Waals surface area contributed by atoms with Crippen LogP contribution in [0.2, 0.25) is 0 Å². The van der Waals surface area contributed by atoms with Crippen LogP contribution in [0.15, 0.2) is 23.2 Å². The number of ether oxygens (including phenoxy) is 2. The van der Waals surface area contributed by atoms with Gasteiger partial charge in [-0.05, 0) is 25.3 Å². The lowest BCUT2D eigenvalue weighted by Crippen LogP contribution is -2.31. The van der Waals surface area contributed by atoms with Crippen LogP contribution in [0.3, 0.4) is 0 Å². The van der Waals surface area contributed by atoms with Crippen LogP contribution in [0, 0.1) is 0 Å². The lowest BCUT2D eigenvalue weighted by Gasteiger charge is -2.14. The molecule has 1 aromatic carbocycles. The number of rotatable bonds is 7. The normalized spacial score (nSPS) is 12.7. The highest BCUT2D eigenvalue weighted by Crippen LogP contribution is 2.29. The fraction of sp³-hybridized carbons (Fsp3) is 0.533. The molecule has 0 fully saturated rings. The molecule has 1 rings (SSSR count). The zero-order chi connectivity index (χ0) is 15.7. The van der Waals surface area contributed by atoms with Gasteiger partial charge >= 0.3 is 0 Å². The van der Waals surface area contributed by atoms with E-state index in [1.165, 1.54) is 0 Å². The van der Waals surface area contributed by atoms with Crippen LogP contribution in [0.1, 0.15) is 13.8 Å². The fourth-order valence-electron chi connectivity index (χ4n) is 1.65. The molecular weight excluding hydrogens is 286 g/mol.